The van der Waals surface area contributed by atoms with Gasteiger partial charge in [0, 0.05) is 0 Å². The molecule has 25 heavy (non-hydrogen) atoms. The van der Waals surface area contributed by atoms with Crippen LogP contribution in [0.3, 0.4) is 0 Å². The zero-order valence-electron chi connectivity index (χ0n) is 12.7. The van der Waals surface area contributed by atoms with E-state index in [1.165, 1.54) is 37.4 Å². The van der Waals surface area contributed by atoms with Gasteiger partial charge in [0.05, 0.1) is 38.5 Å². The largest absolute Gasteiger partial charge is 0.484 e. The highest BCUT2D eigenvalue weighted by atomic mass is 35.5. The molecule has 0 atom stereocenters. The van der Waals surface area contributed by atoms with Crippen LogP contribution in [0, 0.1) is 0 Å². The fourth-order valence-corrected chi connectivity index (χ4v) is 2.72. The van der Waals surface area contributed by atoms with Crippen molar-refractivity contribution in [3.05, 3.63) is 56.0 Å². The quantitative estimate of drug-likeness (QED) is 0.537. The van der Waals surface area contributed by atoms with Crippen molar-refractivity contribution in [2.45, 2.75) is 0 Å². The molecular weight excluding hydrogens is 412 g/mol. The molecule has 0 unspecified atom stereocenters. The number of methoxy groups -OCH3 is 1. The lowest BCUT2D eigenvalue weighted by molar-refractivity contribution is -0.118. The van der Waals surface area contributed by atoms with Crippen molar-refractivity contribution in [1.82, 2.24) is 0 Å². The van der Waals surface area contributed by atoms with E-state index in [4.69, 9.17) is 51.1 Å². The van der Waals surface area contributed by atoms with Crippen LogP contribution < -0.4 is 10.1 Å². The summed E-state index contributed by atoms with van der Waals surface area (Å²) in [5.74, 6) is -0.588. The number of benzene rings is 2. The number of anilines is 1. The third kappa shape index (κ3) is 4.92. The van der Waals surface area contributed by atoms with E-state index in [0.29, 0.717) is 11.3 Å². The van der Waals surface area contributed by atoms with E-state index in [2.05, 4.69) is 10.1 Å². The number of ether oxygens (including phenoxy) is 2. The standard InChI is InChI=1S/C16H11Cl4NO4/c1-24-16(23)8-2-4-9(5-3-8)25-7-12(22)21-15-13(19)10(17)6-11(18)14(15)20/h2-6H,7H2,1H3,(H,21,22). The minimum Gasteiger partial charge on any atom is -0.484 e. The maximum Gasteiger partial charge on any atom is 0.337 e. The second-order valence-electron chi connectivity index (χ2n) is 4.70. The van der Waals surface area contributed by atoms with Crippen LogP contribution >= 0.6 is 46.4 Å². The first-order valence-electron chi connectivity index (χ1n) is 6.77. The topological polar surface area (TPSA) is 64.6 Å². The average Bonchev–Trinajstić information content (AvgIpc) is 2.61. The van der Waals surface area contributed by atoms with E-state index in [9.17, 15) is 9.59 Å². The summed E-state index contributed by atoms with van der Waals surface area (Å²) in [4.78, 5) is 23.4. The Kier molecular flexibility index (Phi) is 6.79. The summed E-state index contributed by atoms with van der Waals surface area (Å²) >= 11 is 23.8. The van der Waals surface area contributed by atoms with Crippen LogP contribution in [0.1, 0.15) is 10.4 Å². The van der Waals surface area contributed by atoms with Crippen molar-refractivity contribution in [2.75, 3.05) is 19.0 Å². The third-order valence-corrected chi connectivity index (χ3v) is 4.60. The minimum atomic E-state index is -0.515. The Balaban J connectivity index is 2.01. The molecule has 0 spiro atoms. The van der Waals surface area contributed by atoms with Crippen LogP contribution in [-0.2, 0) is 9.53 Å². The van der Waals surface area contributed by atoms with Gasteiger partial charge in [-0.2, -0.15) is 0 Å². The number of carbonyl (C=O) groups is 2. The highest BCUT2D eigenvalue weighted by molar-refractivity contribution is 6.50. The molecule has 9 heteroatoms. The molecule has 0 aliphatic heterocycles. The molecule has 0 aromatic heterocycles. The number of halogens is 4. The zero-order valence-corrected chi connectivity index (χ0v) is 15.8. The fraction of sp³-hybridized carbons (Fsp3) is 0.125. The summed E-state index contributed by atoms with van der Waals surface area (Å²) in [5, 5.41) is 2.97. The van der Waals surface area contributed by atoms with E-state index in [0.717, 1.165) is 0 Å². The fourth-order valence-electron chi connectivity index (χ4n) is 1.81. The first kappa shape index (κ1) is 19.7. The van der Waals surface area contributed by atoms with Crippen LogP contribution in [0.4, 0.5) is 5.69 Å². The Morgan fingerprint density at radius 1 is 1.00 bits per heavy atom. The molecule has 1 N–H and O–H groups in total. The molecule has 5 nitrogen and oxygen atoms in total. The Labute approximate surface area is 163 Å². The van der Waals surface area contributed by atoms with Crippen molar-refractivity contribution in [2.24, 2.45) is 0 Å². The maximum atomic E-state index is 12.0. The lowest BCUT2D eigenvalue weighted by Crippen LogP contribution is -2.20. The molecule has 0 saturated carbocycles. The molecule has 0 heterocycles. The lowest BCUT2D eigenvalue weighted by atomic mass is 10.2. The summed E-state index contributed by atoms with van der Waals surface area (Å²) in [6.45, 7) is -0.311. The minimum absolute atomic E-state index is 0.0758. The van der Waals surface area contributed by atoms with Gasteiger partial charge < -0.3 is 14.8 Å². The molecule has 0 saturated heterocycles. The molecule has 2 rings (SSSR count). The van der Waals surface area contributed by atoms with Crippen LogP contribution in [0.5, 0.6) is 5.75 Å². The summed E-state index contributed by atoms with van der Waals surface area (Å²) in [6.07, 6.45) is 0. The molecule has 0 bridgehead atoms. The van der Waals surface area contributed by atoms with Gasteiger partial charge in [-0.3, -0.25) is 4.79 Å². The van der Waals surface area contributed by atoms with Crippen LogP contribution in [0.2, 0.25) is 20.1 Å². The molecule has 2 aromatic carbocycles. The van der Waals surface area contributed by atoms with Crippen LogP contribution in [0.15, 0.2) is 30.3 Å². The van der Waals surface area contributed by atoms with Gasteiger partial charge in [-0.05, 0) is 30.3 Å². The predicted molar refractivity (Wildman–Crippen MR) is 98.4 cm³/mol. The lowest BCUT2D eigenvalue weighted by Gasteiger charge is -2.12. The van der Waals surface area contributed by atoms with E-state index in [1.54, 1.807) is 0 Å². The van der Waals surface area contributed by atoms with Gasteiger partial charge in [-0.15, -0.1) is 0 Å². The van der Waals surface area contributed by atoms with E-state index < -0.39 is 11.9 Å². The Hall–Kier alpha value is -1.66. The second-order valence-corrected chi connectivity index (χ2v) is 6.27. The molecule has 0 aliphatic carbocycles. The summed E-state index contributed by atoms with van der Waals surface area (Å²) < 4.78 is 9.92. The highest BCUT2D eigenvalue weighted by Gasteiger charge is 2.16. The highest BCUT2D eigenvalue weighted by Crippen LogP contribution is 2.40. The molecule has 2 aromatic rings. The van der Waals surface area contributed by atoms with Gasteiger partial charge in [0.15, 0.2) is 6.61 Å². The number of hydrogen-bond acceptors (Lipinski definition) is 4. The van der Waals surface area contributed by atoms with Crippen molar-refractivity contribution in [3.63, 3.8) is 0 Å². The third-order valence-electron chi connectivity index (χ3n) is 3.02. The van der Waals surface area contributed by atoms with Crippen LogP contribution in [0.25, 0.3) is 0 Å². The van der Waals surface area contributed by atoms with E-state index in [1.807, 2.05) is 0 Å². The molecular formula is C16H11Cl4NO4. The normalized spacial score (nSPS) is 10.3. The van der Waals surface area contributed by atoms with Gasteiger partial charge >= 0.3 is 5.97 Å². The summed E-state index contributed by atoms with van der Waals surface area (Å²) in [5.41, 5.74) is 0.474. The summed E-state index contributed by atoms with van der Waals surface area (Å²) in [6, 6.07) is 7.49. The van der Waals surface area contributed by atoms with Crippen molar-refractivity contribution in [3.8, 4) is 5.75 Å². The number of carbonyl (C=O) groups excluding carboxylic acids is 2. The number of nitrogens with one attached hydrogen (secondary N) is 1. The van der Waals surface area contributed by atoms with Crippen molar-refractivity contribution in [1.29, 1.82) is 0 Å². The smallest absolute Gasteiger partial charge is 0.337 e. The van der Waals surface area contributed by atoms with Gasteiger partial charge in [-0.1, -0.05) is 46.4 Å². The van der Waals surface area contributed by atoms with Crippen LogP contribution in [-0.4, -0.2) is 25.6 Å². The monoisotopic (exact) mass is 421 g/mol. The summed E-state index contributed by atoms with van der Waals surface area (Å²) in [7, 11) is 1.29. The molecule has 0 aliphatic rings. The Morgan fingerprint density at radius 2 is 1.56 bits per heavy atom. The molecule has 0 radical (unpaired) electrons. The van der Waals surface area contributed by atoms with E-state index >= 15 is 0 Å². The number of rotatable bonds is 5. The first-order chi connectivity index (χ1) is 11.8. The van der Waals surface area contributed by atoms with Crippen molar-refractivity contribution >= 4 is 64.0 Å². The second kappa shape index (κ2) is 8.63. The van der Waals surface area contributed by atoms with E-state index in [-0.39, 0.29) is 32.4 Å². The SMILES string of the molecule is COC(=O)c1ccc(OCC(=O)Nc2c(Cl)c(Cl)cc(Cl)c2Cl)cc1. The molecule has 1 amide bonds. The van der Waals surface area contributed by atoms with Gasteiger partial charge in [0.1, 0.15) is 5.75 Å². The Morgan fingerprint density at radius 3 is 2.08 bits per heavy atom. The van der Waals surface area contributed by atoms with Gasteiger partial charge in [-0.25, -0.2) is 4.79 Å². The van der Waals surface area contributed by atoms with Gasteiger partial charge in [0.25, 0.3) is 5.91 Å². The van der Waals surface area contributed by atoms with Crippen molar-refractivity contribution < 1.29 is 19.1 Å². The number of hydrogen-bond donors (Lipinski definition) is 1. The number of esters is 1. The number of amides is 1. The Bertz CT molecular complexity index is 783. The zero-order chi connectivity index (χ0) is 18.6. The molecule has 0 fully saturated rings. The average molecular weight is 423 g/mol. The first-order valence-corrected chi connectivity index (χ1v) is 8.28. The molecule has 132 valence electrons. The maximum absolute atomic E-state index is 12.0. The van der Waals surface area contributed by atoms with Gasteiger partial charge in [0.2, 0.25) is 0 Å². The predicted octanol–water partition coefficient (Wildman–Crippen LogP) is 5.10.